The highest BCUT2D eigenvalue weighted by molar-refractivity contribution is 5.79. The summed E-state index contributed by atoms with van der Waals surface area (Å²) in [5.41, 5.74) is 4.72. The molecule has 2 aromatic rings. The largest absolute Gasteiger partial charge is 0.449 e. The Bertz CT molecular complexity index is 681. The Balaban J connectivity index is 1.76. The molecule has 0 bridgehead atoms. The normalized spacial score (nSPS) is 13.8. The lowest BCUT2D eigenvalue weighted by Gasteiger charge is -2.16. The van der Waals surface area contributed by atoms with Crippen molar-refractivity contribution in [3.8, 4) is 11.1 Å². The standard InChI is InChI=1S/C19H19NO3/c1-2-13(11-21)20-19(22)23-12-18-16-9-5-3-7-14(16)15-8-4-6-10-17(15)18/h2-10,13,18,21H,1,11-12H2,(H,20,22)/t13-/m1/s1. The van der Waals surface area contributed by atoms with Crippen LogP contribution in [0.2, 0.25) is 0 Å². The second kappa shape index (κ2) is 6.67. The molecule has 1 amide bonds. The SMILES string of the molecule is C=C[C@H](CO)NC(=O)OCC1c2ccccc2-c2ccccc21. The van der Waals surface area contributed by atoms with Gasteiger partial charge in [-0.3, -0.25) is 0 Å². The smallest absolute Gasteiger partial charge is 0.407 e. The molecule has 2 N–H and O–H groups in total. The molecule has 3 rings (SSSR count). The Morgan fingerprint density at radius 3 is 2.26 bits per heavy atom. The molecular weight excluding hydrogens is 290 g/mol. The van der Waals surface area contributed by atoms with Crippen molar-refractivity contribution in [2.45, 2.75) is 12.0 Å². The van der Waals surface area contributed by atoms with E-state index in [2.05, 4.69) is 36.2 Å². The van der Waals surface area contributed by atoms with E-state index < -0.39 is 12.1 Å². The molecule has 0 saturated heterocycles. The molecule has 4 nitrogen and oxygen atoms in total. The lowest BCUT2D eigenvalue weighted by atomic mass is 9.98. The molecule has 0 heterocycles. The van der Waals surface area contributed by atoms with Crippen LogP contribution >= 0.6 is 0 Å². The fraction of sp³-hybridized carbons (Fsp3) is 0.211. The van der Waals surface area contributed by atoms with E-state index in [-0.39, 0.29) is 19.1 Å². The molecule has 1 aliphatic rings. The predicted molar refractivity (Wildman–Crippen MR) is 89.3 cm³/mol. The van der Waals surface area contributed by atoms with Crippen molar-refractivity contribution < 1.29 is 14.6 Å². The first-order valence-corrected chi connectivity index (χ1v) is 7.59. The number of rotatable bonds is 5. The highest BCUT2D eigenvalue weighted by Crippen LogP contribution is 2.44. The molecule has 0 radical (unpaired) electrons. The molecule has 0 fully saturated rings. The van der Waals surface area contributed by atoms with E-state index in [0.717, 1.165) is 0 Å². The third-order valence-corrected chi connectivity index (χ3v) is 4.13. The van der Waals surface area contributed by atoms with Crippen LogP contribution in [0, 0.1) is 0 Å². The van der Waals surface area contributed by atoms with E-state index in [9.17, 15) is 4.79 Å². The van der Waals surface area contributed by atoms with Gasteiger partial charge in [0.2, 0.25) is 0 Å². The van der Waals surface area contributed by atoms with E-state index in [1.54, 1.807) is 0 Å². The monoisotopic (exact) mass is 309 g/mol. The minimum atomic E-state index is -0.550. The quantitative estimate of drug-likeness (QED) is 0.835. The van der Waals surface area contributed by atoms with Crippen LogP contribution < -0.4 is 5.32 Å². The topological polar surface area (TPSA) is 58.6 Å². The second-order valence-electron chi connectivity index (χ2n) is 5.49. The zero-order valence-corrected chi connectivity index (χ0v) is 12.7. The van der Waals surface area contributed by atoms with Crippen molar-refractivity contribution in [3.05, 3.63) is 72.3 Å². The summed E-state index contributed by atoms with van der Waals surface area (Å²) in [6.07, 6.45) is 0.923. The van der Waals surface area contributed by atoms with E-state index >= 15 is 0 Å². The molecule has 1 atom stereocenters. The van der Waals surface area contributed by atoms with Crippen LogP contribution in [-0.4, -0.2) is 30.5 Å². The van der Waals surface area contributed by atoms with E-state index in [1.807, 2.05) is 24.3 Å². The fourth-order valence-corrected chi connectivity index (χ4v) is 2.97. The van der Waals surface area contributed by atoms with Gasteiger partial charge in [0.15, 0.2) is 0 Å². The number of benzene rings is 2. The van der Waals surface area contributed by atoms with Crippen molar-refractivity contribution in [2.75, 3.05) is 13.2 Å². The average Bonchev–Trinajstić information content (AvgIpc) is 2.92. The number of ether oxygens (including phenoxy) is 1. The average molecular weight is 309 g/mol. The lowest BCUT2D eigenvalue weighted by molar-refractivity contribution is 0.136. The van der Waals surface area contributed by atoms with Crippen molar-refractivity contribution >= 4 is 6.09 Å². The predicted octanol–water partition coefficient (Wildman–Crippen LogP) is 3.07. The molecule has 1 aliphatic carbocycles. The number of amides is 1. The first kappa shape index (κ1) is 15.3. The number of aliphatic hydroxyl groups is 1. The number of carbonyl (C=O) groups excluding carboxylic acids is 1. The summed E-state index contributed by atoms with van der Waals surface area (Å²) in [6, 6.07) is 15.9. The number of nitrogens with one attached hydrogen (secondary N) is 1. The molecule has 0 spiro atoms. The number of aliphatic hydroxyl groups excluding tert-OH is 1. The fourth-order valence-electron chi connectivity index (χ4n) is 2.97. The van der Waals surface area contributed by atoms with Gasteiger partial charge >= 0.3 is 6.09 Å². The Hall–Kier alpha value is -2.59. The highest BCUT2D eigenvalue weighted by atomic mass is 16.5. The molecule has 4 heteroatoms. The van der Waals surface area contributed by atoms with Gasteiger partial charge < -0.3 is 15.2 Å². The van der Waals surface area contributed by atoms with Gasteiger partial charge in [-0.25, -0.2) is 4.79 Å². The number of carbonyl (C=O) groups is 1. The molecular formula is C19H19NO3. The van der Waals surface area contributed by atoms with Crippen LogP contribution in [0.1, 0.15) is 17.0 Å². The first-order chi connectivity index (χ1) is 11.2. The summed E-state index contributed by atoms with van der Waals surface area (Å²) in [7, 11) is 0. The molecule has 2 aromatic carbocycles. The molecule has 0 aliphatic heterocycles. The maximum Gasteiger partial charge on any atom is 0.407 e. The van der Waals surface area contributed by atoms with Crippen LogP contribution in [-0.2, 0) is 4.74 Å². The van der Waals surface area contributed by atoms with Gasteiger partial charge in [0.25, 0.3) is 0 Å². The van der Waals surface area contributed by atoms with E-state index in [1.165, 1.54) is 28.3 Å². The van der Waals surface area contributed by atoms with Gasteiger partial charge in [-0.15, -0.1) is 6.58 Å². The maximum absolute atomic E-state index is 11.9. The maximum atomic E-state index is 11.9. The van der Waals surface area contributed by atoms with Gasteiger partial charge in [0, 0.05) is 5.92 Å². The third kappa shape index (κ3) is 2.98. The van der Waals surface area contributed by atoms with Crippen LogP contribution in [0.5, 0.6) is 0 Å². The molecule has 0 aromatic heterocycles. The molecule has 23 heavy (non-hydrogen) atoms. The summed E-state index contributed by atoms with van der Waals surface area (Å²) < 4.78 is 5.36. The lowest BCUT2D eigenvalue weighted by Crippen LogP contribution is -2.36. The minimum absolute atomic E-state index is 0.0319. The van der Waals surface area contributed by atoms with E-state index in [4.69, 9.17) is 9.84 Å². The number of fused-ring (bicyclic) bond motifs is 3. The van der Waals surface area contributed by atoms with Gasteiger partial charge in [0.1, 0.15) is 6.61 Å². The molecule has 0 saturated carbocycles. The number of alkyl carbamates (subject to hydrolysis) is 1. The summed E-state index contributed by atoms with van der Waals surface area (Å²) in [4.78, 5) is 11.9. The van der Waals surface area contributed by atoms with Gasteiger partial charge in [-0.05, 0) is 22.3 Å². The number of hydrogen-bond donors (Lipinski definition) is 2. The molecule has 0 unspecified atom stereocenters. The van der Waals surface area contributed by atoms with Crippen molar-refractivity contribution in [1.82, 2.24) is 5.32 Å². The van der Waals surface area contributed by atoms with Crippen LogP contribution in [0.4, 0.5) is 4.79 Å². The summed E-state index contributed by atoms with van der Waals surface area (Å²) >= 11 is 0. The van der Waals surface area contributed by atoms with Crippen molar-refractivity contribution in [1.29, 1.82) is 0 Å². The van der Waals surface area contributed by atoms with Gasteiger partial charge in [-0.2, -0.15) is 0 Å². The van der Waals surface area contributed by atoms with Crippen LogP contribution in [0.15, 0.2) is 61.2 Å². The zero-order chi connectivity index (χ0) is 16.2. The Morgan fingerprint density at radius 1 is 1.17 bits per heavy atom. The van der Waals surface area contributed by atoms with E-state index in [0.29, 0.717) is 0 Å². The Morgan fingerprint density at radius 2 is 1.74 bits per heavy atom. The van der Waals surface area contributed by atoms with Gasteiger partial charge in [0.05, 0.1) is 12.6 Å². The van der Waals surface area contributed by atoms with Crippen molar-refractivity contribution in [3.63, 3.8) is 0 Å². The summed E-state index contributed by atoms with van der Waals surface area (Å²) in [5, 5.41) is 11.6. The van der Waals surface area contributed by atoms with Crippen LogP contribution in [0.25, 0.3) is 11.1 Å². The van der Waals surface area contributed by atoms with Gasteiger partial charge in [-0.1, -0.05) is 54.6 Å². The second-order valence-corrected chi connectivity index (χ2v) is 5.49. The third-order valence-electron chi connectivity index (χ3n) is 4.13. The summed E-state index contributed by atoms with van der Waals surface area (Å²) in [5.74, 6) is 0.0319. The Labute approximate surface area is 135 Å². The minimum Gasteiger partial charge on any atom is -0.449 e. The Kier molecular flexibility index (Phi) is 4.44. The zero-order valence-electron chi connectivity index (χ0n) is 12.7. The van der Waals surface area contributed by atoms with Crippen LogP contribution in [0.3, 0.4) is 0 Å². The molecule has 118 valence electrons. The highest BCUT2D eigenvalue weighted by Gasteiger charge is 2.29. The summed E-state index contributed by atoms with van der Waals surface area (Å²) in [6.45, 7) is 3.61. The van der Waals surface area contributed by atoms with Crippen molar-refractivity contribution in [2.24, 2.45) is 0 Å². The first-order valence-electron chi connectivity index (χ1n) is 7.59. The number of hydrogen-bond acceptors (Lipinski definition) is 3.